The summed E-state index contributed by atoms with van der Waals surface area (Å²) in [5.74, 6) is -0.428. The summed E-state index contributed by atoms with van der Waals surface area (Å²) >= 11 is 0. The average molecular weight is 389 g/mol. The van der Waals surface area contributed by atoms with E-state index in [2.05, 4.69) is 26.4 Å². The number of fused-ring (bicyclic) bond motifs is 2. The van der Waals surface area contributed by atoms with Gasteiger partial charge in [-0.15, -0.1) is 0 Å². The second-order valence-corrected chi connectivity index (χ2v) is 7.06. The Balaban J connectivity index is 1.47. The van der Waals surface area contributed by atoms with Crippen molar-refractivity contribution in [2.45, 2.75) is 6.04 Å². The number of anilines is 2. The molecule has 8 nitrogen and oxygen atoms in total. The number of rotatable bonds is 4. The second-order valence-electron chi connectivity index (χ2n) is 7.06. The van der Waals surface area contributed by atoms with Crippen LogP contribution in [0.2, 0.25) is 0 Å². The maximum Gasteiger partial charge on any atom is 0.261 e. The minimum absolute atomic E-state index is 0.143. The molecule has 0 atom stereocenters. The van der Waals surface area contributed by atoms with E-state index in [0.29, 0.717) is 17.0 Å². The van der Waals surface area contributed by atoms with Gasteiger partial charge in [0.2, 0.25) is 0 Å². The lowest BCUT2D eigenvalue weighted by Crippen LogP contribution is -2.57. The van der Waals surface area contributed by atoms with E-state index in [1.54, 1.807) is 0 Å². The molecule has 5 rings (SSSR count). The van der Waals surface area contributed by atoms with Crippen molar-refractivity contribution in [3.63, 3.8) is 0 Å². The molecule has 0 aliphatic carbocycles. The highest BCUT2D eigenvalue weighted by atomic mass is 16.6. The van der Waals surface area contributed by atoms with E-state index >= 15 is 0 Å². The van der Waals surface area contributed by atoms with Gasteiger partial charge in [-0.3, -0.25) is 9.59 Å². The Bertz CT molecular complexity index is 1070. The van der Waals surface area contributed by atoms with Crippen molar-refractivity contribution in [3.8, 4) is 0 Å². The first kappa shape index (κ1) is 17.4. The van der Waals surface area contributed by atoms with Gasteiger partial charge in [-0.05, 0) is 12.1 Å². The number of para-hydroxylation sites is 2. The molecule has 2 aromatic carbocycles. The number of carbonyl (C=O) groups is 2. The van der Waals surface area contributed by atoms with Gasteiger partial charge in [0.1, 0.15) is 5.71 Å². The number of carbonyl (C=O) groups excluding carboxylic acids is 2. The zero-order valence-corrected chi connectivity index (χ0v) is 15.5. The van der Waals surface area contributed by atoms with Crippen LogP contribution in [0.4, 0.5) is 11.4 Å². The van der Waals surface area contributed by atoms with Crippen LogP contribution in [0.25, 0.3) is 5.57 Å². The zero-order valence-electron chi connectivity index (χ0n) is 15.5. The molecule has 0 radical (unpaired) electrons. The van der Waals surface area contributed by atoms with Gasteiger partial charge >= 0.3 is 0 Å². The quantitative estimate of drug-likeness (QED) is 0.466. The molecule has 0 bridgehead atoms. The van der Waals surface area contributed by atoms with E-state index in [1.165, 1.54) is 0 Å². The van der Waals surface area contributed by atoms with E-state index < -0.39 is 0 Å². The number of hydrogen-bond donors (Lipinski definition) is 4. The summed E-state index contributed by atoms with van der Waals surface area (Å²) in [5.41, 5.74) is 4.78. The second kappa shape index (κ2) is 7.06. The van der Waals surface area contributed by atoms with Crippen molar-refractivity contribution in [2.24, 2.45) is 5.16 Å². The molecule has 0 unspecified atom stereocenters. The summed E-state index contributed by atoms with van der Waals surface area (Å²) in [6, 6.07) is 15.2. The molecule has 3 heterocycles. The summed E-state index contributed by atoms with van der Waals surface area (Å²) < 4.78 is 0. The number of nitrogens with one attached hydrogen (secondary N) is 4. The average Bonchev–Trinajstić information content (AvgIpc) is 3.21. The van der Waals surface area contributed by atoms with Crippen LogP contribution in [-0.2, 0) is 14.4 Å². The molecule has 1 fully saturated rings. The summed E-state index contributed by atoms with van der Waals surface area (Å²) in [6.07, 6.45) is 0. The standard InChI is InChI=1S/C21H19N5O3/c27-17(23-12-9-22-10-12)11-29-26-19-14-6-2-4-8-16(14)24-20(19)18-13-5-1-3-7-15(13)25-21(18)28/h1-8,12,22,24H,9-11H2,(H,23,27)(H,25,28)/b20-18-,26-19+. The maximum absolute atomic E-state index is 12.7. The van der Waals surface area contributed by atoms with Gasteiger partial charge in [0.15, 0.2) is 6.61 Å². The number of allylic oxidation sites excluding steroid dienone is 1. The van der Waals surface area contributed by atoms with Crippen LogP contribution >= 0.6 is 0 Å². The van der Waals surface area contributed by atoms with E-state index in [1.807, 2.05) is 48.5 Å². The van der Waals surface area contributed by atoms with E-state index in [4.69, 9.17) is 4.84 Å². The van der Waals surface area contributed by atoms with Crippen LogP contribution in [0.15, 0.2) is 59.4 Å². The Labute approximate surface area is 167 Å². The Morgan fingerprint density at radius 3 is 2.45 bits per heavy atom. The van der Waals surface area contributed by atoms with Crippen molar-refractivity contribution in [2.75, 3.05) is 30.3 Å². The third-order valence-electron chi connectivity index (χ3n) is 5.10. The van der Waals surface area contributed by atoms with Crippen LogP contribution in [0.3, 0.4) is 0 Å². The Morgan fingerprint density at radius 2 is 1.72 bits per heavy atom. The number of hydrogen-bond acceptors (Lipinski definition) is 6. The number of amides is 2. The van der Waals surface area contributed by atoms with Crippen molar-refractivity contribution < 1.29 is 14.4 Å². The van der Waals surface area contributed by atoms with Crippen LogP contribution in [0.1, 0.15) is 11.1 Å². The van der Waals surface area contributed by atoms with Gasteiger partial charge < -0.3 is 26.1 Å². The van der Waals surface area contributed by atoms with E-state index in [9.17, 15) is 9.59 Å². The van der Waals surface area contributed by atoms with Crippen LogP contribution < -0.4 is 21.3 Å². The van der Waals surface area contributed by atoms with E-state index in [-0.39, 0.29) is 24.5 Å². The van der Waals surface area contributed by atoms with Gasteiger partial charge in [-0.25, -0.2) is 0 Å². The van der Waals surface area contributed by atoms with Crippen molar-refractivity contribution >= 4 is 34.5 Å². The lowest BCUT2D eigenvalue weighted by Gasteiger charge is -2.27. The number of oxime groups is 1. The molecule has 0 spiro atoms. The minimum Gasteiger partial charge on any atom is -0.385 e. The zero-order chi connectivity index (χ0) is 19.8. The molecule has 2 aromatic rings. The monoisotopic (exact) mass is 389 g/mol. The molecule has 29 heavy (non-hydrogen) atoms. The van der Waals surface area contributed by atoms with Gasteiger partial charge in [0.05, 0.1) is 17.3 Å². The molecule has 1 saturated heterocycles. The highest BCUT2D eigenvalue weighted by Crippen LogP contribution is 2.38. The van der Waals surface area contributed by atoms with Crippen LogP contribution in [-0.4, -0.2) is 43.3 Å². The van der Waals surface area contributed by atoms with Gasteiger partial charge in [-0.2, -0.15) is 0 Å². The highest BCUT2D eigenvalue weighted by Gasteiger charge is 2.34. The lowest BCUT2D eigenvalue weighted by molar-refractivity contribution is -0.126. The summed E-state index contributed by atoms with van der Waals surface area (Å²) in [4.78, 5) is 30.0. The normalized spacial score (nSPS) is 21.1. The predicted octanol–water partition coefficient (Wildman–Crippen LogP) is 1.28. The summed E-state index contributed by atoms with van der Waals surface area (Å²) in [5, 5.41) is 16.3. The Kier molecular flexibility index (Phi) is 4.25. The fourth-order valence-corrected chi connectivity index (χ4v) is 3.58. The highest BCUT2D eigenvalue weighted by molar-refractivity contribution is 6.39. The van der Waals surface area contributed by atoms with Crippen molar-refractivity contribution in [1.29, 1.82) is 0 Å². The predicted molar refractivity (Wildman–Crippen MR) is 109 cm³/mol. The third-order valence-corrected chi connectivity index (χ3v) is 5.10. The van der Waals surface area contributed by atoms with Gasteiger partial charge in [-0.1, -0.05) is 41.6 Å². The molecular formula is C21H19N5O3. The number of nitrogens with zero attached hydrogens (tertiary/aromatic N) is 1. The largest absolute Gasteiger partial charge is 0.385 e. The van der Waals surface area contributed by atoms with Gasteiger partial charge in [0.25, 0.3) is 11.8 Å². The molecule has 3 aliphatic heterocycles. The lowest BCUT2D eigenvalue weighted by atomic mass is 10.0. The third kappa shape index (κ3) is 3.13. The summed E-state index contributed by atoms with van der Waals surface area (Å²) in [6.45, 7) is 1.35. The van der Waals surface area contributed by atoms with E-state index in [0.717, 1.165) is 35.6 Å². The maximum atomic E-state index is 12.7. The van der Waals surface area contributed by atoms with Crippen LogP contribution in [0, 0.1) is 0 Å². The Hall–Kier alpha value is -3.65. The molecular weight excluding hydrogens is 370 g/mol. The van der Waals surface area contributed by atoms with Crippen molar-refractivity contribution in [3.05, 3.63) is 65.4 Å². The minimum atomic E-state index is -0.224. The molecule has 0 aromatic heterocycles. The fourth-order valence-electron chi connectivity index (χ4n) is 3.58. The van der Waals surface area contributed by atoms with Gasteiger partial charge in [0, 0.05) is 35.6 Å². The SMILES string of the molecule is O=C(CO/N=C1/C(=C2/C(=O)Nc3ccccc32)Nc2ccccc21)NC1CNC1. The topological polar surface area (TPSA) is 104 Å². The fraction of sp³-hybridized carbons (Fsp3) is 0.190. The van der Waals surface area contributed by atoms with Crippen LogP contribution in [0.5, 0.6) is 0 Å². The smallest absolute Gasteiger partial charge is 0.261 e. The first-order valence-electron chi connectivity index (χ1n) is 9.42. The summed E-state index contributed by atoms with van der Waals surface area (Å²) in [7, 11) is 0. The Morgan fingerprint density at radius 1 is 1.03 bits per heavy atom. The first-order valence-corrected chi connectivity index (χ1v) is 9.42. The molecule has 8 heteroatoms. The molecule has 2 amide bonds. The molecule has 3 aliphatic rings. The first-order chi connectivity index (χ1) is 14.2. The molecule has 4 N–H and O–H groups in total. The molecule has 146 valence electrons. The number of benzene rings is 2. The molecule has 0 saturated carbocycles. The van der Waals surface area contributed by atoms with Crippen molar-refractivity contribution in [1.82, 2.24) is 10.6 Å².